The Hall–Kier alpha value is -1.40. The van der Waals surface area contributed by atoms with E-state index in [1.165, 1.54) is 12.8 Å². The van der Waals surface area contributed by atoms with Crippen LogP contribution in [0.2, 0.25) is 0 Å². The van der Waals surface area contributed by atoms with Gasteiger partial charge in [0.15, 0.2) is 0 Å². The van der Waals surface area contributed by atoms with Gasteiger partial charge in [0.25, 0.3) is 0 Å². The summed E-state index contributed by atoms with van der Waals surface area (Å²) in [4.78, 5) is 12.7. The standard InChI is InChI=1S/C14H18N4OS/c1-2-15-14-16-12(11-5-6-20-13(11)17-14)18-7-9-3-4-10(8-18)19-9/h5-6,9-10H,2-4,7-8H2,1H3,(H,15,16,17). The summed E-state index contributed by atoms with van der Waals surface area (Å²) in [5, 5.41) is 6.49. The average molecular weight is 290 g/mol. The van der Waals surface area contributed by atoms with Gasteiger partial charge in [0.05, 0.1) is 17.6 Å². The van der Waals surface area contributed by atoms with Crippen molar-refractivity contribution in [2.75, 3.05) is 29.9 Å². The zero-order chi connectivity index (χ0) is 13.5. The first kappa shape index (κ1) is 12.3. The van der Waals surface area contributed by atoms with Crippen molar-refractivity contribution in [1.29, 1.82) is 0 Å². The maximum atomic E-state index is 5.92. The van der Waals surface area contributed by atoms with Crippen LogP contribution in [0.15, 0.2) is 11.4 Å². The number of rotatable bonds is 3. The smallest absolute Gasteiger partial charge is 0.226 e. The Balaban J connectivity index is 1.75. The highest BCUT2D eigenvalue weighted by Gasteiger charge is 2.35. The molecule has 2 aromatic heterocycles. The van der Waals surface area contributed by atoms with Gasteiger partial charge in [-0.2, -0.15) is 4.98 Å². The normalized spacial score (nSPS) is 25.4. The molecule has 0 spiro atoms. The third-order valence-electron chi connectivity index (χ3n) is 3.98. The summed E-state index contributed by atoms with van der Waals surface area (Å²) < 4.78 is 5.92. The summed E-state index contributed by atoms with van der Waals surface area (Å²) in [6.45, 7) is 4.80. The first-order valence-corrected chi connectivity index (χ1v) is 8.11. The number of thiophene rings is 1. The summed E-state index contributed by atoms with van der Waals surface area (Å²) in [6.07, 6.45) is 3.11. The number of nitrogens with one attached hydrogen (secondary N) is 1. The second kappa shape index (κ2) is 4.86. The third-order valence-corrected chi connectivity index (χ3v) is 4.79. The molecular weight excluding hydrogens is 272 g/mol. The van der Waals surface area contributed by atoms with E-state index in [4.69, 9.17) is 9.72 Å². The Kier molecular flexibility index (Phi) is 3.00. The molecule has 6 heteroatoms. The number of aromatic nitrogens is 2. The summed E-state index contributed by atoms with van der Waals surface area (Å²) in [6, 6.07) is 2.13. The van der Waals surface area contributed by atoms with Gasteiger partial charge in [0.1, 0.15) is 10.6 Å². The molecule has 2 aliphatic heterocycles. The second-order valence-electron chi connectivity index (χ2n) is 5.40. The molecule has 106 valence electrons. The lowest BCUT2D eigenvalue weighted by atomic mass is 10.2. The zero-order valence-corrected chi connectivity index (χ0v) is 12.3. The SMILES string of the molecule is CCNc1nc(N2CC3CCC(C2)O3)c2ccsc2n1. The van der Waals surface area contributed by atoms with E-state index in [1.54, 1.807) is 11.3 Å². The summed E-state index contributed by atoms with van der Waals surface area (Å²) >= 11 is 1.67. The number of anilines is 2. The minimum absolute atomic E-state index is 0.375. The van der Waals surface area contributed by atoms with Gasteiger partial charge in [-0.1, -0.05) is 0 Å². The summed E-state index contributed by atoms with van der Waals surface area (Å²) in [5.74, 6) is 1.80. The van der Waals surface area contributed by atoms with Gasteiger partial charge >= 0.3 is 0 Å². The van der Waals surface area contributed by atoms with E-state index in [2.05, 4.69) is 33.6 Å². The van der Waals surface area contributed by atoms with Crippen molar-refractivity contribution in [1.82, 2.24) is 9.97 Å². The third kappa shape index (κ3) is 2.03. The molecule has 2 unspecified atom stereocenters. The van der Waals surface area contributed by atoms with Crippen molar-refractivity contribution in [3.05, 3.63) is 11.4 Å². The van der Waals surface area contributed by atoms with Crippen molar-refractivity contribution in [3.8, 4) is 0 Å². The summed E-state index contributed by atoms with van der Waals surface area (Å²) in [5.41, 5.74) is 0. The minimum Gasteiger partial charge on any atom is -0.371 e. The van der Waals surface area contributed by atoms with Crippen LogP contribution < -0.4 is 10.2 Å². The number of ether oxygens (including phenoxy) is 1. The van der Waals surface area contributed by atoms with E-state index in [9.17, 15) is 0 Å². The van der Waals surface area contributed by atoms with Gasteiger partial charge in [-0.3, -0.25) is 0 Å². The number of nitrogens with zero attached hydrogens (tertiary/aromatic N) is 3. The van der Waals surface area contributed by atoms with E-state index in [0.717, 1.165) is 41.6 Å². The number of hydrogen-bond donors (Lipinski definition) is 1. The Morgan fingerprint density at radius 3 is 2.90 bits per heavy atom. The summed E-state index contributed by atoms with van der Waals surface area (Å²) in [7, 11) is 0. The molecule has 5 nitrogen and oxygen atoms in total. The van der Waals surface area contributed by atoms with Crippen LogP contribution in [0.4, 0.5) is 11.8 Å². The molecule has 2 aromatic rings. The predicted molar refractivity (Wildman–Crippen MR) is 81.7 cm³/mol. The number of hydrogen-bond acceptors (Lipinski definition) is 6. The fraction of sp³-hybridized carbons (Fsp3) is 0.571. The van der Waals surface area contributed by atoms with E-state index < -0.39 is 0 Å². The molecule has 2 aliphatic rings. The quantitative estimate of drug-likeness (QED) is 0.941. The van der Waals surface area contributed by atoms with Crippen molar-refractivity contribution in [2.24, 2.45) is 0 Å². The predicted octanol–water partition coefficient (Wildman–Crippen LogP) is 2.49. The fourth-order valence-electron chi connectivity index (χ4n) is 3.11. The van der Waals surface area contributed by atoms with Crippen LogP contribution in [-0.2, 0) is 4.74 Å². The molecule has 2 atom stereocenters. The first-order chi connectivity index (χ1) is 9.83. The molecule has 4 rings (SSSR count). The van der Waals surface area contributed by atoms with Crippen molar-refractivity contribution < 1.29 is 4.74 Å². The molecule has 0 saturated carbocycles. The fourth-order valence-corrected chi connectivity index (χ4v) is 3.86. The highest BCUT2D eigenvalue weighted by molar-refractivity contribution is 7.16. The Morgan fingerprint density at radius 1 is 1.35 bits per heavy atom. The zero-order valence-electron chi connectivity index (χ0n) is 11.5. The molecule has 2 saturated heterocycles. The molecule has 4 heterocycles. The molecule has 0 radical (unpaired) electrons. The van der Waals surface area contributed by atoms with Crippen LogP contribution in [0.1, 0.15) is 19.8 Å². The number of morpholine rings is 1. The van der Waals surface area contributed by atoms with Crippen molar-refractivity contribution in [2.45, 2.75) is 32.0 Å². The van der Waals surface area contributed by atoms with Crippen LogP contribution in [0.3, 0.4) is 0 Å². The van der Waals surface area contributed by atoms with Gasteiger partial charge in [-0.25, -0.2) is 4.98 Å². The van der Waals surface area contributed by atoms with Crippen LogP contribution in [-0.4, -0.2) is 41.8 Å². The van der Waals surface area contributed by atoms with Gasteiger partial charge in [-0.15, -0.1) is 11.3 Å². The van der Waals surface area contributed by atoms with E-state index in [-0.39, 0.29) is 0 Å². The molecule has 0 aliphatic carbocycles. The monoisotopic (exact) mass is 290 g/mol. The maximum absolute atomic E-state index is 5.92. The molecule has 2 bridgehead atoms. The number of fused-ring (bicyclic) bond motifs is 3. The minimum atomic E-state index is 0.375. The van der Waals surface area contributed by atoms with E-state index in [0.29, 0.717) is 12.2 Å². The molecule has 2 fully saturated rings. The highest BCUT2D eigenvalue weighted by atomic mass is 32.1. The lowest BCUT2D eigenvalue weighted by molar-refractivity contribution is 0.0303. The van der Waals surface area contributed by atoms with Crippen LogP contribution in [0.25, 0.3) is 10.2 Å². The largest absolute Gasteiger partial charge is 0.371 e. The van der Waals surface area contributed by atoms with Crippen LogP contribution in [0.5, 0.6) is 0 Å². The van der Waals surface area contributed by atoms with Crippen molar-refractivity contribution in [3.63, 3.8) is 0 Å². The molecule has 0 aromatic carbocycles. The van der Waals surface area contributed by atoms with E-state index >= 15 is 0 Å². The molecule has 1 N–H and O–H groups in total. The van der Waals surface area contributed by atoms with Crippen LogP contribution >= 0.6 is 11.3 Å². The molecule has 0 amide bonds. The van der Waals surface area contributed by atoms with Gasteiger partial charge < -0.3 is 15.0 Å². The Bertz CT molecular complexity index is 617. The van der Waals surface area contributed by atoms with Gasteiger partial charge in [0.2, 0.25) is 5.95 Å². The first-order valence-electron chi connectivity index (χ1n) is 7.23. The molecule has 20 heavy (non-hydrogen) atoms. The Morgan fingerprint density at radius 2 is 2.15 bits per heavy atom. The average Bonchev–Trinajstić information content (AvgIpc) is 3.04. The topological polar surface area (TPSA) is 50.3 Å². The van der Waals surface area contributed by atoms with Crippen molar-refractivity contribution >= 4 is 33.3 Å². The van der Waals surface area contributed by atoms with E-state index in [1.807, 2.05) is 0 Å². The van der Waals surface area contributed by atoms with Gasteiger partial charge in [0, 0.05) is 19.6 Å². The lowest BCUT2D eigenvalue weighted by Crippen LogP contribution is -2.43. The molecular formula is C14H18N4OS. The Labute approximate surface area is 122 Å². The second-order valence-corrected chi connectivity index (χ2v) is 6.30. The van der Waals surface area contributed by atoms with Crippen LogP contribution in [0, 0.1) is 0 Å². The lowest BCUT2D eigenvalue weighted by Gasteiger charge is -2.33. The van der Waals surface area contributed by atoms with Gasteiger partial charge in [-0.05, 0) is 31.2 Å². The highest BCUT2D eigenvalue weighted by Crippen LogP contribution is 2.34. The maximum Gasteiger partial charge on any atom is 0.226 e.